The molecule has 1 aliphatic rings. The summed E-state index contributed by atoms with van der Waals surface area (Å²) in [5.41, 5.74) is 6.21. The molecule has 1 heterocycles. The molecule has 1 saturated heterocycles. The highest BCUT2D eigenvalue weighted by atomic mass is 32.2. The van der Waals surface area contributed by atoms with Crippen molar-refractivity contribution >= 4 is 10.0 Å². The van der Waals surface area contributed by atoms with E-state index in [0.29, 0.717) is 18.7 Å². The van der Waals surface area contributed by atoms with Gasteiger partial charge in [0, 0.05) is 25.6 Å². The van der Waals surface area contributed by atoms with E-state index in [1.807, 2.05) is 6.92 Å². The van der Waals surface area contributed by atoms with Crippen molar-refractivity contribution in [2.75, 3.05) is 13.2 Å². The van der Waals surface area contributed by atoms with E-state index in [1.165, 1.54) is 0 Å². The molecule has 2 atom stereocenters. The molecule has 0 aliphatic carbocycles. The predicted octanol–water partition coefficient (Wildman–Crippen LogP) is 0.849. The summed E-state index contributed by atoms with van der Waals surface area (Å²) in [5.74, 6) is 0.236. The van der Waals surface area contributed by atoms with Gasteiger partial charge in [0.2, 0.25) is 10.0 Å². The van der Waals surface area contributed by atoms with Crippen molar-refractivity contribution < 1.29 is 13.2 Å². The number of hydrogen-bond donors (Lipinski definition) is 2. The molecule has 106 valence electrons. The van der Waals surface area contributed by atoms with Crippen molar-refractivity contribution in [2.24, 2.45) is 11.7 Å². The molecule has 2 rings (SSSR count). The van der Waals surface area contributed by atoms with Crippen molar-refractivity contribution in [3.8, 4) is 0 Å². The normalized spacial score (nSPS) is 23.7. The smallest absolute Gasteiger partial charge is 0.240 e. The molecule has 1 aromatic carbocycles. The summed E-state index contributed by atoms with van der Waals surface area (Å²) in [4.78, 5) is 0.268. The van der Waals surface area contributed by atoms with Crippen LogP contribution < -0.4 is 10.5 Å². The third kappa shape index (κ3) is 3.33. The number of hydrogen-bond acceptors (Lipinski definition) is 4. The van der Waals surface area contributed by atoms with Crippen LogP contribution in [0.5, 0.6) is 0 Å². The van der Waals surface area contributed by atoms with Gasteiger partial charge in [-0.25, -0.2) is 13.1 Å². The maximum absolute atomic E-state index is 12.3. The fourth-order valence-corrected chi connectivity index (χ4v) is 3.62. The van der Waals surface area contributed by atoms with Crippen LogP contribution in [0.4, 0.5) is 0 Å². The van der Waals surface area contributed by atoms with Crippen LogP contribution in [0.25, 0.3) is 0 Å². The number of benzene rings is 1. The van der Waals surface area contributed by atoms with Crippen molar-refractivity contribution in [2.45, 2.75) is 30.9 Å². The Morgan fingerprint density at radius 1 is 1.42 bits per heavy atom. The van der Waals surface area contributed by atoms with E-state index in [1.54, 1.807) is 24.3 Å². The average Bonchev–Trinajstić information content (AvgIpc) is 2.82. The third-order valence-electron chi connectivity index (χ3n) is 3.55. The zero-order valence-electron chi connectivity index (χ0n) is 11.0. The Morgan fingerprint density at radius 3 is 2.79 bits per heavy atom. The summed E-state index contributed by atoms with van der Waals surface area (Å²) in [6, 6.07) is 6.80. The van der Waals surface area contributed by atoms with E-state index in [-0.39, 0.29) is 23.5 Å². The molecule has 19 heavy (non-hydrogen) atoms. The number of nitrogens with two attached hydrogens (primary N) is 1. The standard InChI is InChI=1S/C13H20N2O3S/c1-10-12(6-7-18-10)9-15-19(16,17)13-5-3-2-4-11(13)8-14/h2-5,10,12,15H,6-9,14H2,1H3. The van der Waals surface area contributed by atoms with Gasteiger partial charge in [-0.05, 0) is 25.0 Å². The number of rotatable bonds is 5. The highest BCUT2D eigenvalue weighted by Gasteiger charge is 2.26. The second-order valence-electron chi connectivity index (χ2n) is 4.79. The molecular formula is C13H20N2O3S. The molecule has 6 heteroatoms. The Balaban J connectivity index is 2.09. The van der Waals surface area contributed by atoms with Gasteiger partial charge < -0.3 is 10.5 Å². The van der Waals surface area contributed by atoms with Gasteiger partial charge in [-0.1, -0.05) is 18.2 Å². The summed E-state index contributed by atoms with van der Waals surface area (Å²) in [7, 11) is -3.50. The first-order chi connectivity index (χ1) is 9.04. The van der Waals surface area contributed by atoms with Crippen LogP contribution in [-0.4, -0.2) is 27.7 Å². The van der Waals surface area contributed by atoms with Gasteiger partial charge in [0.1, 0.15) is 0 Å². The maximum atomic E-state index is 12.3. The molecule has 1 fully saturated rings. The van der Waals surface area contributed by atoms with Gasteiger partial charge in [0.15, 0.2) is 0 Å². The molecule has 0 amide bonds. The van der Waals surface area contributed by atoms with E-state index in [2.05, 4.69) is 4.72 Å². The number of nitrogens with one attached hydrogen (secondary N) is 1. The van der Waals surface area contributed by atoms with Crippen molar-refractivity contribution in [3.05, 3.63) is 29.8 Å². The van der Waals surface area contributed by atoms with Crippen LogP contribution in [0.1, 0.15) is 18.9 Å². The summed E-state index contributed by atoms with van der Waals surface area (Å²) >= 11 is 0. The minimum absolute atomic E-state index is 0.104. The molecule has 3 N–H and O–H groups in total. The Morgan fingerprint density at radius 2 is 2.16 bits per heavy atom. The summed E-state index contributed by atoms with van der Waals surface area (Å²) in [6.45, 7) is 3.29. The first kappa shape index (κ1) is 14.5. The summed E-state index contributed by atoms with van der Waals surface area (Å²) < 4.78 is 32.6. The van der Waals surface area contributed by atoms with E-state index in [9.17, 15) is 8.42 Å². The van der Waals surface area contributed by atoms with Crippen LogP contribution in [-0.2, 0) is 21.3 Å². The molecule has 1 aliphatic heterocycles. The van der Waals surface area contributed by atoms with E-state index in [0.717, 1.165) is 6.42 Å². The molecule has 5 nitrogen and oxygen atoms in total. The van der Waals surface area contributed by atoms with Crippen LogP contribution in [0.15, 0.2) is 29.2 Å². The van der Waals surface area contributed by atoms with Crippen molar-refractivity contribution in [3.63, 3.8) is 0 Å². The average molecular weight is 284 g/mol. The number of ether oxygens (including phenoxy) is 1. The van der Waals surface area contributed by atoms with E-state index >= 15 is 0 Å². The molecule has 2 unspecified atom stereocenters. The van der Waals surface area contributed by atoms with Crippen LogP contribution in [0.2, 0.25) is 0 Å². The van der Waals surface area contributed by atoms with Crippen molar-refractivity contribution in [1.29, 1.82) is 0 Å². The van der Waals surface area contributed by atoms with Gasteiger partial charge in [-0.3, -0.25) is 0 Å². The number of sulfonamides is 1. The highest BCUT2D eigenvalue weighted by Crippen LogP contribution is 2.21. The predicted molar refractivity (Wildman–Crippen MR) is 73.0 cm³/mol. The second kappa shape index (κ2) is 6.00. The third-order valence-corrected chi connectivity index (χ3v) is 5.07. The fourth-order valence-electron chi connectivity index (χ4n) is 2.27. The molecular weight excluding hydrogens is 264 g/mol. The molecule has 0 saturated carbocycles. The van der Waals surface area contributed by atoms with Gasteiger partial charge >= 0.3 is 0 Å². The Bertz CT molecular complexity index is 530. The maximum Gasteiger partial charge on any atom is 0.240 e. The fraction of sp³-hybridized carbons (Fsp3) is 0.538. The first-order valence-electron chi connectivity index (χ1n) is 6.44. The second-order valence-corrected chi connectivity index (χ2v) is 6.52. The van der Waals surface area contributed by atoms with Crippen LogP contribution in [0.3, 0.4) is 0 Å². The minimum atomic E-state index is -3.50. The van der Waals surface area contributed by atoms with Gasteiger partial charge in [0.05, 0.1) is 11.0 Å². The van der Waals surface area contributed by atoms with E-state index < -0.39 is 10.0 Å². The minimum Gasteiger partial charge on any atom is -0.378 e. The molecule has 0 spiro atoms. The Kier molecular flexibility index (Phi) is 4.57. The lowest BCUT2D eigenvalue weighted by Gasteiger charge is -2.16. The lowest BCUT2D eigenvalue weighted by Crippen LogP contribution is -2.32. The monoisotopic (exact) mass is 284 g/mol. The van der Waals surface area contributed by atoms with Gasteiger partial charge in [-0.15, -0.1) is 0 Å². The van der Waals surface area contributed by atoms with Crippen molar-refractivity contribution in [1.82, 2.24) is 4.72 Å². The SMILES string of the molecule is CC1OCCC1CNS(=O)(=O)c1ccccc1CN. The molecule has 0 aromatic heterocycles. The Hall–Kier alpha value is -0.950. The molecule has 1 aromatic rings. The Labute approximate surface area is 114 Å². The summed E-state index contributed by atoms with van der Waals surface area (Å²) in [5, 5.41) is 0. The van der Waals surface area contributed by atoms with Crippen LogP contribution in [0, 0.1) is 5.92 Å². The topological polar surface area (TPSA) is 81.4 Å². The quantitative estimate of drug-likeness (QED) is 0.840. The molecule has 0 radical (unpaired) electrons. The lowest BCUT2D eigenvalue weighted by atomic mass is 10.0. The zero-order chi connectivity index (χ0) is 13.9. The molecule has 0 bridgehead atoms. The van der Waals surface area contributed by atoms with E-state index in [4.69, 9.17) is 10.5 Å². The van der Waals surface area contributed by atoms with Gasteiger partial charge in [-0.2, -0.15) is 0 Å². The van der Waals surface area contributed by atoms with Crippen LogP contribution >= 0.6 is 0 Å². The summed E-state index contributed by atoms with van der Waals surface area (Å²) in [6.07, 6.45) is 0.995. The largest absolute Gasteiger partial charge is 0.378 e. The lowest BCUT2D eigenvalue weighted by molar-refractivity contribution is 0.107. The van der Waals surface area contributed by atoms with Gasteiger partial charge in [0.25, 0.3) is 0 Å². The highest BCUT2D eigenvalue weighted by molar-refractivity contribution is 7.89. The first-order valence-corrected chi connectivity index (χ1v) is 7.92. The zero-order valence-corrected chi connectivity index (χ0v) is 11.8.